The summed E-state index contributed by atoms with van der Waals surface area (Å²) >= 11 is 0. The quantitative estimate of drug-likeness (QED) is 0.880. The van der Waals surface area contributed by atoms with Crippen molar-refractivity contribution in [3.8, 4) is 5.75 Å². The molecule has 0 spiro atoms. The molecule has 1 heterocycles. The van der Waals surface area contributed by atoms with E-state index >= 15 is 0 Å². The van der Waals surface area contributed by atoms with Crippen molar-refractivity contribution in [2.75, 3.05) is 18.5 Å². The zero-order valence-electron chi connectivity index (χ0n) is 14.3. The van der Waals surface area contributed by atoms with Gasteiger partial charge in [-0.25, -0.2) is 4.79 Å². The summed E-state index contributed by atoms with van der Waals surface area (Å²) in [5.41, 5.74) is 3.28. The highest BCUT2D eigenvalue weighted by Crippen LogP contribution is 2.34. The van der Waals surface area contributed by atoms with E-state index in [-0.39, 0.29) is 12.1 Å². The summed E-state index contributed by atoms with van der Waals surface area (Å²) in [6.45, 7) is 5.49. The van der Waals surface area contributed by atoms with Crippen LogP contribution >= 0.6 is 0 Å². The second-order valence-corrected chi connectivity index (χ2v) is 6.10. The van der Waals surface area contributed by atoms with Crippen molar-refractivity contribution in [3.63, 3.8) is 0 Å². The second kappa shape index (κ2) is 7.39. The lowest BCUT2D eigenvalue weighted by molar-refractivity contribution is 0.207. The average Bonchev–Trinajstić information content (AvgIpc) is 3.07. The van der Waals surface area contributed by atoms with Gasteiger partial charge in [0, 0.05) is 12.2 Å². The van der Waals surface area contributed by atoms with Crippen LogP contribution in [-0.4, -0.2) is 24.1 Å². The molecule has 1 N–H and O–H groups in total. The number of urea groups is 1. The van der Waals surface area contributed by atoms with E-state index in [1.54, 1.807) is 0 Å². The summed E-state index contributed by atoms with van der Waals surface area (Å²) in [5.74, 6) is 0.814. The van der Waals surface area contributed by atoms with Gasteiger partial charge in [-0.2, -0.15) is 0 Å². The molecule has 1 aliphatic rings. The zero-order valence-corrected chi connectivity index (χ0v) is 14.3. The van der Waals surface area contributed by atoms with Crippen molar-refractivity contribution < 1.29 is 9.53 Å². The fourth-order valence-corrected chi connectivity index (χ4v) is 3.29. The highest BCUT2D eigenvalue weighted by Gasteiger charge is 2.30. The number of hydrogen-bond acceptors (Lipinski definition) is 2. The lowest BCUT2D eigenvalue weighted by Crippen LogP contribution is -2.34. The Morgan fingerprint density at radius 3 is 2.67 bits per heavy atom. The third kappa shape index (κ3) is 3.53. The van der Waals surface area contributed by atoms with Gasteiger partial charge in [0.05, 0.1) is 12.6 Å². The van der Waals surface area contributed by atoms with E-state index in [0.29, 0.717) is 6.61 Å². The molecule has 4 nitrogen and oxygen atoms in total. The van der Waals surface area contributed by atoms with Gasteiger partial charge in [0.25, 0.3) is 0 Å². The Hall–Kier alpha value is -2.49. The van der Waals surface area contributed by atoms with Gasteiger partial charge < -0.3 is 15.0 Å². The number of hydrogen-bond donors (Lipinski definition) is 1. The van der Waals surface area contributed by atoms with Gasteiger partial charge in [0.1, 0.15) is 5.75 Å². The first-order valence-electron chi connectivity index (χ1n) is 8.55. The van der Waals surface area contributed by atoms with Crippen molar-refractivity contribution in [2.24, 2.45) is 0 Å². The minimum atomic E-state index is -0.0371. The molecule has 3 rings (SSSR count). The molecule has 1 saturated heterocycles. The van der Waals surface area contributed by atoms with Crippen LogP contribution in [0.25, 0.3) is 0 Å². The Kier molecular flexibility index (Phi) is 5.04. The van der Waals surface area contributed by atoms with E-state index in [1.165, 1.54) is 11.1 Å². The van der Waals surface area contributed by atoms with Gasteiger partial charge >= 0.3 is 6.03 Å². The smallest absolute Gasteiger partial charge is 0.322 e. The summed E-state index contributed by atoms with van der Waals surface area (Å²) in [4.78, 5) is 14.6. The van der Waals surface area contributed by atoms with Crippen LogP contribution in [0.2, 0.25) is 0 Å². The zero-order chi connectivity index (χ0) is 16.9. The van der Waals surface area contributed by atoms with Crippen LogP contribution in [0.4, 0.5) is 10.5 Å². The number of anilines is 1. The number of carbonyl (C=O) groups is 1. The number of benzene rings is 2. The van der Waals surface area contributed by atoms with Crippen molar-refractivity contribution in [1.29, 1.82) is 0 Å². The van der Waals surface area contributed by atoms with Gasteiger partial charge in [0.15, 0.2) is 0 Å². The van der Waals surface area contributed by atoms with Crippen LogP contribution in [0.15, 0.2) is 48.5 Å². The Labute approximate surface area is 143 Å². The summed E-state index contributed by atoms with van der Waals surface area (Å²) in [6.07, 6.45) is 2.05. The number of rotatable bonds is 4. The molecule has 1 unspecified atom stereocenters. The number of carbonyl (C=O) groups excluding carboxylic acids is 1. The molecular weight excluding hydrogens is 300 g/mol. The summed E-state index contributed by atoms with van der Waals surface area (Å²) in [6, 6.07) is 16.0. The number of likely N-dealkylation sites (tertiary alicyclic amines) is 1. The minimum Gasteiger partial charge on any atom is -0.494 e. The molecule has 0 aromatic heterocycles. The topological polar surface area (TPSA) is 41.6 Å². The molecule has 2 aromatic rings. The van der Waals surface area contributed by atoms with Crippen molar-refractivity contribution in [3.05, 3.63) is 59.7 Å². The van der Waals surface area contributed by atoms with Crippen LogP contribution in [-0.2, 0) is 0 Å². The molecule has 1 fully saturated rings. The summed E-state index contributed by atoms with van der Waals surface area (Å²) < 4.78 is 5.43. The molecule has 1 aliphatic heterocycles. The van der Waals surface area contributed by atoms with Crippen molar-refractivity contribution >= 4 is 11.7 Å². The Bertz CT molecular complexity index is 697. The molecular formula is C20H24N2O2. The Morgan fingerprint density at radius 1 is 1.21 bits per heavy atom. The van der Waals surface area contributed by atoms with E-state index in [1.807, 2.05) is 48.2 Å². The predicted octanol–water partition coefficient (Wildman–Crippen LogP) is 4.76. The third-order valence-electron chi connectivity index (χ3n) is 4.48. The molecule has 0 bridgehead atoms. The lowest BCUT2D eigenvalue weighted by atomic mass is 9.99. The van der Waals surface area contributed by atoms with Crippen molar-refractivity contribution in [1.82, 2.24) is 4.90 Å². The van der Waals surface area contributed by atoms with E-state index in [2.05, 4.69) is 24.4 Å². The first-order chi connectivity index (χ1) is 11.7. The lowest BCUT2D eigenvalue weighted by Gasteiger charge is -2.26. The second-order valence-electron chi connectivity index (χ2n) is 6.10. The number of nitrogens with one attached hydrogen (secondary N) is 1. The fraction of sp³-hybridized carbons (Fsp3) is 0.350. The fourth-order valence-electron chi connectivity index (χ4n) is 3.29. The molecule has 4 heteroatoms. The van der Waals surface area contributed by atoms with Crippen molar-refractivity contribution in [2.45, 2.75) is 32.7 Å². The van der Waals surface area contributed by atoms with Gasteiger partial charge in [-0.05, 0) is 62.1 Å². The number of aryl methyl sites for hydroxylation is 1. The Morgan fingerprint density at radius 2 is 1.96 bits per heavy atom. The third-order valence-corrected chi connectivity index (χ3v) is 4.48. The summed E-state index contributed by atoms with van der Waals surface area (Å²) in [5, 5.41) is 3.00. The predicted molar refractivity (Wildman–Crippen MR) is 96.5 cm³/mol. The largest absolute Gasteiger partial charge is 0.494 e. The molecule has 24 heavy (non-hydrogen) atoms. The molecule has 126 valence electrons. The van der Waals surface area contributed by atoms with E-state index < -0.39 is 0 Å². The van der Waals surface area contributed by atoms with Crippen LogP contribution in [0, 0.1) is 6.92 Å². The number of ether oxygens (including phenoxy) is 1. The maximum atomic E-state index is 12.7. The average molecular weight is 324 g/mol. The molecule has 1 atom stereocenters. The van der Waals surface area contributed by atoms with Crippen LogP contribution in [0.1, 0.15) is 36.9 Å². The van der Waals surface area contributed by atoms with E-state index in [9.17, 15) is 4.79 Å². The highest BCUT2D eigenvalue weighted by molar-refractivity contribution is 5.89. The molecule has 2 amide bonds. The normalized spacial score (nSPS) is 16.9. The van der Waals surface area contributed by atoms with Crippen LogP contribution in [0.5, 0.6) is 5.75 Å². The number of amides is 2. The monoisotopic (exact) mass is 324 g/mol. The van der Waals surface area contributed by atoms with Gasteiger partial charge in [0.2, 0.25) is 0 Å². The van der Waals surface area contributed by atoms with E-state index in [0.717, 1.165) is 30.8 Å². The molecule has 2 aromatic carbocycles. The molecule has 0 radical (unpaired) electrons. The summed E-state index contributed by atoms with van der Waals surface area (Å²) in [7, 11) is 0. The maximum absolute atomic E-state index is 12.7. The van der Waals surface area contributed by atoms with Gasteiger partial charge in [-0.15, -0.1) is 0 Å². The van der Waals surface area contributed by atoms with Crippen LogP contribution < -0.4 is 10.1 Å². The number of nitrogens with zero attached hydrogens (tertiary/aromatic N) is 1. The van der Waals surface area contributed by atoms with E-state index in [4.69, 9.17) is 4.74 Å². The minimum absolute atomic E-state index is 0.0371. The first kappa shape index (κ1) is 16.4. The standard InChI is InChI=1S/C20H24N2O2/c1-3-24-17-12-10-16(11-13-17)21-20(23)22-14-6-9-19(22)18-8-5-4-7-15(18)2/h4-5,7-8,10-13,19H,3,6,9,14H2,1-2H3,(H,21,23). The van der Waals surface area contributed by atoms with Gasteiger partial charge in [-0.3, -0.25) is 0 Å². The SMILES string of the molecule is CCOc1ccc(NC(=O)N2CCCC2c2ccccc2C)cc1. The highest BCUT2D eigenvalue weighted by atomic mass is 16.5. The first-order valence-corrected chi connectivity index (χ1v) is 8.55. The maximum Gasteiger partial charge on any atom is 0.322 e. The van der Waals surface area contributed by atoms with Crippen LogP contribution in [0.3, 0.4) is 0 Å². The molecule has 0 aliphatic carbocycles. The Balaban J connectivity index is 1.71. The van der Waals surface area contributed by atoms with Gasteiger partial charge in [-0.1, -0.05) is 24.3 Å². The molecule has 0 saturated carbocycles.